The molecule has 0 amide bonds. The maximum atomic E-state index is 2.40. The van der Waals surface area contributed by atoms with Crippen molar-refractivity contribution in [2.24, 2.45) is 5.41 Å². The molecule has 0 saturated heterocycles. The molecule has 0 N–H and O–H groups in total. The SMILES string of the molecule is Cc1cc(C)c(N2C=CN(CC/C=C/CC(C)(C)C3=CC=CC3)C2)c(C)c1. The van der Waals surface area contributed by atoms with Gasteiger partial charge in [-0.1, -0.05) is 67.5 Å². The molecule has 0 unspecified atom stereocenters. The molecule has 144 valence electrons. The van der Waals surface area contributed by atoms with E-state index in [1.807, 2.05) is 0 Å². The first-order chi connectivity index (χ1) is 12.9. The van der Waals surface area contributed by atoms with E-state index < -0.39 is 0 Å². The van der Waals surface area contributed by atoms with Gasteiger partial charge in [-0.25, -0.2) is 0 Å². The number of hydrogen-bond donors (Lipinski definition) is 0. The fourth-order valence-corrected chi connectivity index (χ4v) is 4.20. The van der Waals surface area contributed by atoms with E-state index in [2.05, 4.69) is 99.3 Å². The van der Waals surface area contributed by atoms with E-state index in [0.29, 0.717) is 0 Å². The quantitative estimate of drug-likeness (QED) is 0.517. The molecule has 1 aromatic rings. The third-order valence-corrected chi connectivity index (χ3v) is 5.73. The lowest BCUT2D eigenvalue weighted by atomic mass is 9.80. The van der Waals surface area contributed by atoms with Crippen molar-refractivity contribution in [3.63, 3.8) is 0 Å². The minimum atomic E-state index is 0.269. The van der Waals surface area contributed by atoms with Gasteiger partial charge in [0.2, 0.25) is 0 Å². The minimum absolute atomic E-state index is 0.269. The number of hydrogen-bond acceptors (Lipinski definition) is 2. The maximum Gasteiger partial charge on any atom is 0.0942 e. The molecule has 2 nitrogen and oxygen atoms in total. The standard InChI is InChI=1S/C25H34N2/c1-20-17-21(2)24(22(3)18-20)27-16-15-26(19-27)14-10-6-9-13-25(4,5)23-11-7-8-12-23/h6-9,11,15-18H,10,12-14,19H2,1-5H3/b9-6+. The third kappa shape index (κ3) is 4.74. The summed E-state index contributed by atoms with van der Waals surface area (Å²) in [6.07, 6.45) is 19.2. The summed E-state index contributed by atoms with van der Waals surface area (Å²) in [4.78, 5) is 4.77. The monoisotopic (exact) mass is 362 g/mol. The number of anilines is 1. The van der Waals surface area contributed by atoms with Crippen LogP contribution in [0.3, 0.4) is 0 Å². The Labute approximate surface area is 165 Å². The average Bonchev–Trinajstić information content (AvgIpc) is 3.25. The van der Waals surface area contributed by atoms with Crippen LogP contribution >= 0.6 is 0 Å². The average molecular weight is 363 g/mol. The number of rotatable bonds is 7. The number of nitrogens with zero attached hydrogens (tertiary/aromatic N) is 2. The third-order valence-electron chi connectivity index (χ3n) is 5.73. The summed E-state index contributed by atoms with van der Waals surface area (Å²) in [6.45, 7) is 13.3. The zero-order valence-corrected chi connectivity index (χ0v) is 17.6. The van der Waals surface area contributed by atoms with Crippen molar-refractivity contribution in [2.75, 3.05) is 18.1 Å². The Hall–Kier alpha value is -2.22. The summed E-state index contributed by atoms with van der Waals surface area (Å²) in [6, 6.07) is 4.55. The highest BCUT2D eigenvalue weighted by molar-refractivity contribution is 5.62. The van der Waals surface area contributed by atoms with E-state index in [4.69, 9.17) is 0 Å². The Morgan fingerprint density at radius 3 is 2.44 bits per heavy atom. The van der Waals surface area contributed by atoms with Gasteiger partial charge in [0.15, 0.2) is 0 Å². The lowest BCUT2D eigenvalue weighted by molar-refractivity contribution is 0.412. The first-order valence-electron chi connectivity index (χ1n) is 10.1. The van der Waals surface area contributed by atoms with E-state index >= 15 is 0 Å². The van der Waals surface area contributed by atoms with Crippen molar-refractivity contribution in [1.82, 2.24) is 4.90 Å². The highest BCUT2D eigenvalue weighted by Crippen LogP contribution is 2.35. The molecule has 1 aliphatic heterocycles. The van der Waals surface area contributed by atoms with Crippen LogP contribution in [0.25, 0.3) is 0 Å². The van der Waals surface area contributed by atoms with Crippen LogP contribution in [0.1, 0.15) is 49.8 Å². The molecule has 0 atom stereocenters. The Kier molecular flexibility index (Phi) is 5.94. The zero-order valence-electron chi connectivity index (χ0n) is 17.6. The van der Waals surface area contributed by atoms with Crippen LogP contribution in [0.4, 0.5) is 5.69 Å². The molecule has 2 aliphatic rings. The van der Waals surface area contributed by atoms with Gasteiger partial charge < -0.3 is 9.80 Å². The molecule has 3 rings (SSSR count). The molecule has 0 bridgehead atoms. The van der Waals surface area contributed by atoms with Crippen LogP contribution in [0.15, 0.2) is 60.5 Å². The summed E-state index contributed by atoms with van der Waals surface area (Å²) < 4.78 is 0. The largest absolute Gasteiger partial charge is 0.358 e. The van der Waals surface area contributed by atoms with Gasteiger partial charge in [-0.05, 0) is 56.6 Å². The van der Waals surface area contributed by atoms with Gasteiger partial charge in [-0.2, -0.15) is 0 Å². The summed E-state index contributed by atoms with van der Waals surface area (Å²) >= 11 is 0. The first-order valence-corrected chi connectivity index (χ1v) is 10.1. The second-order valence-electron chi connectivity index (χ2n) is 8.64. The summed E-state index contributed by atoms with van der Waals surface area (Å²) in [7, 11) is 0. The zero-order chi connectivity index (χ0) is 19.4. The molecule has 0 fully saturated rings. The topological polar surface area (TPSA) is 6.48 Å². The molecule has 27 heavy (non-hydrogen) atoms. The molecule has 0 aromatic heterocycles. The first kappa shape index (κ1) is 19.5. The maximum absolute atomic E-state index is 2.40. The normalized spacial score (nSPS) is 16.9. The summed E-state index contributed by atoms with van der Waals surface area (Å²) in [5, 5.41) is 0. The Morgan fingerprint density at radius 2 is 1.78 bits per heavy atom. The highest BCUT2D eigenvalue weighted by atomic mass is 15.3. The van der Waals surface area contributed by atoms with Gasteiger partial charge in [0, 0.05) is 24.6 Å². The van der Waals surface area contributed by atoms with Gasteiger partial charge in [-0.15, -0.1) is 0 Å². The predicted octanol–water partition coefficient (Wildman–Crippen LogP) is 6.41. The lowest BCUT2D eigenvalue weighted by Crippen LogP contribution is -2.26. The summed E-state index contributed by atoms with van der Waals surface area (Å²) in [5.74, 6) is 0. The predicted molar refractivity (Wildman–Crippen MR) is 118 cm³/mol. The van der Waals surface area contributed by atoms with Crippen LogP contribution in [-0.2, 0) is 0 Å². The van der Waals surface area contributed by atoms with E-state index in [0.717, 1.165) is 32.5 Å². The van der Waals surface area contributed by atoms with E-state index in [1.54, 1.807) is 5.57 Å². The van der Waals surface area contributed by atoms with Gasteiger partial charge in [-0.3, -0.25) is 0 Å². The molecule has 0 spiro atoms. The van der Waals surface area contributed by atoms with Crippen molar-refractivity contribution in [1.29, 1.82) is 0 Å². The van der Waals surface area contributed by atoms with Crippen LogP contribution in [0.5, 0.6) is 0 Å². The van der Waals surface area contributed by atoms with Crippen LogP contribution in [-0.4, -0.2) is 18.1 Å². The van der Waals surface area contributed by atoms with Gasteiger partial charge in [0.05, 0.1) is 6.67 Å². The highest BCUT2D eigenvalue weighted by Gasteiger charge is 2.22. The number of allylic oxidation sites excluding steroid dienone is 5. The second kappa shape index (κ2) is 8.21. The Bertz CT molecular complexity index is 770. The van der Waals surface area contributed by atoms with E-state index in [9.17, 15) is 0 Å². The smallest absolute Gasteiger partial charge is 0.0942 e. The fraction of sp³-hybridized carbons (Fsp3) is 0.440. The van der Waals surface area contributed by atoms with Crippen molar-refractivity contribution in [3.05, 3.63) is 77.2 Å². The van der Waals surface area contributed by atoms with Crippen molar-refractivity contribution in [2.45, 2.75) is 53.9 Å². The Morgan fingerprint density at radius 1 is 1.04 bits per heavy atom. The molecular weight excluding hydrogens is 328 g/mol. The molecule has 1 heterocycles. The van der Waals surface area contributed by atoms with E-state index in [-0.39, 0.29) is 5.41 Å². The Balaban J connectivity index is 1.47. The lowest BCUT2D eigenvalue weighted by Gasteiger charge is -2.25. The molecule has 0 radical (unpaired) electrons. The number of aryl methyl sites for hydroxylation is 3. The van der Waals surface area contributed by atoms with Crippen molar-refractivity contribution >= 4 is 5.69 Å². The fourth-order valence-electron chi connectivity index (χ4n) is 4.20. The van der Waals surface area contributed by atoms with Crippen molar-refractivity contribution < 1.29 is 0 Å². The summed E-state index contributed by atoms with van der Waals surface area (Å²) in [5.41, 5.74) is 7.23. The van der Waals surface area contributed by atoms with Crippen LogP contribution in [0, 0.1) is 26.2 Å². The van der Waals surface area contributed by atoms with Crippen LogP contribution < -0.4 is 4.90 Å². The molecule has 0 saturated carbocycles. The second-order valence-corrected chi connectivity index (χ2v) is 8.64. The van der Waals surface area contributed by atoms with Gasteiger partial charge >= 0.3 is 0 Å². The molecular formula is C25H34N2. The minimum Gasteiger partial charge on any atom is -0.358 e. The van der Waals surface area contributed by atoms with Gasteiger partial charge in [0.1, 0.15) is 0 Å². The van der Waals surface area contributed by atoms with Crippen molar-refractivity contribution in [3.8, 4) is 0 Å². The molecule has 2 heteroatoms. The van der Waals surface area contributed by atoms with Crippen LogP contribution in [0.2, 0.25) is 0 Å². The van der Waals surface area contributed by atoms with E-state index in [1.165, 1.54) is 22.4 Å². The van der Waals surface area contributed by atoms with Gasteiger partial charge in [0.25, 0.3) is 0 Å². The number of benzene rings is 1. The molecule has 1 aliphatic carbocycles. The molecule has 1 aromatic carbocycles.